The van der Waals surface area contributed by atoms with E-state index < -0.39 is 0 Å². The maximum absolute atomic E-state index is 12.8. The van der Waals surface area contributed by atoms with Crippen LogP contribution >= 0.6 is 22.7 Å². The maximum atomic E-state index is 12.8. The van der Waals surface area contributed by atoms with E-state index in [4.69, 9.17) is 0 Å². The molecule has 1 aliphatic heterocycles. The van der Waals surface area contributed by atoms with Gasteiger partial charge in [0.1, 0.15) is 0 Å². The van der Waals surface area contributed by atoms with Crippen LogP contribution in [0.4, 0.5) is 0 Å². The molecule has 0 spiro atoms. The molecule has 0 bridgehead atoms. The lowest BCUT2D eigenvalue weighted by Gasteiger charge is -1.96. The Labute approximate surface area is 167 Å². The van der Waals surface area contributed by atoms with Crippen molar-refractivity contribution in [1.82, 2.24) is 4.98 Å². The number of hydrogen-bond acceptors (Lipinski definition) is 4. The summed E-state index contributed by atoms with van der Waals surface area (Å²) in [6, 6.07) is 20.2. The minimum atomic E-state index is -0.313. The standard InChI is InChI=1S/C22H12N2O2S2/c25-21-17-18(20(24-21)16-10-12-6-2-4-8-14(12)28-16)22(26)23-19(17)15-9-11-5-1-3-7-13(11)27-15/h1-10,23,26H. The van der Waals surface area contributed by atoms with Crippen molar-refractivity contribution >= 4 is 54.5 Å². The van der Waals surface area contributed by atoms with Gasteiger partial charge in [-0.2, -0.15) is 0 Å². The average Bonchev–Trinajstić information content (AvgIpc) is 3.44. The lowest BCUT2D eigenvalue weighted by atomic mass is 10.1. The number of rotatable bonds is 2. The zero-order chi connectivity index (χ0) is 18.8. The van der Waals surface area contributed by atoms with E-state index in [1.165, 1.54) is 0 Å². The number of H-pyrrole nitrogens is 1. The van der Waals surface area contributed by atoms with Gasteiger partial charge >= 0.3 is 0 Å². The Hall–Kier alpha value is -3.22. The molecule has 0 unspecified atom stereocenters. The third kappa shape index (κ3) is 2.16. The largest absolute Gasteiger partial charge is 0.494 e. The molecule has 1 amide bonds. The van der Waals surface area contributed by atoms with Gasteiger partial charge in [-0.3, -0.25) is 4.79 Å². The van der Waals surface area contributed by atoms with E-state index in [2.05, 4.69) is 9.98 Å². The quantitative estimate of drug-likeness (QED) is 0.393. The summed E-state index contributed by atoms with van der Waals surface area (Å²) >= 11 is 3.16. The summed E-state index contributed by atoms with van der Waals surface area (Å²) in [5, 5.41) is 12.8. The number of aromatic amines is 1. The Morgan fingerprint density at radius 1 is 0.821 bits per heavy atom. The van der Waals surface area contributed by atoms with Gasteiger partial charge in [0.2, 0.25) is 0 Å². The Kier molecular flexibility index (Phi) is 3.18. The molecule has 0 fully saturated rings. The molecule has 4 nitrogen and oxygen atoms in total. The maximum Gasteiger partial charge on any atom is 0.280 e. The van der Waals surface area contributed by atoms with E-state index in [0.29, 0.717) is 22.5 Å². The van der Waals surface area contributed by atoms with Crippen molar-refractivity contribution in [2.75, 3.05) is 0 Å². The number of fused-ring (bicyclic) bond motifs is 3. The normalized spacial score (nSPS) is 13.4. The minimum absolute atomic E-state index is 0.00971. The summed E-state index contributed by atoms with van der Waals surface area (Å²) in [6.45, 7) is 0. The van der Waals surface area contributed by atoms with Gasteiger partial charge in [0.05, 0.1) is 32.3 Å². The summed E-state index contributed by atoms with van der Waals surface area (Å²) in [5.74, 6) is -0.323. The van der Waals surface area contributed by atoms with Crippen LogP contribution in [0.15, 0.2) is 65.7 Å². The van der Waals surface area contributed by atoms with Crippen molar-refractivity contribution < 1.29 is 9.90 Å². The van der Waals surface area contributed by atoms with Crippen LogP contribution in [0.2, 0.25) is 0 Å². The number of benzene rings is 2. The van der Waals surface area contributed by atoms with Crippen molar-refractivity contribution in [2.45, 2.75) is 0 Å². The SMILES string of the molecule is O=C1N=C(c2cc3ccccc3s2)c2c(O)[nH]c(-c3cc4ccccc4s3)c21. The molecular formula is C22H12N2O2S2. The third-order valence-corrected chi connectivity index (χ3v) is 7.23. The molecule has 28 heavy (non-hydrogen) atoms. The van der Waals surface area contributed by atoms with Crippen LogP contribution in [-0.4, -0.2) is 21.7 Å². The summed E-state index contributed by atoms with van der Waals surface area (Å²) in [7, 11) is 0. The summed E-state index contributed by atoms with van der Waals surface area (Å²) < 4.78 is 2.26. The van der Waals surface area contributed by atoms with E-state index >= 15 is 0 Å². The van der Waals surface area contributed by atoms with Gasteiger partial charge < -0.3 is 10.1 Å². The van der Waals surface area contributed by atoms with E-state index in [0.717, 1.165) is 29.9 Å². The molecule has 2 N–H and O–H groups in total. The number of thiophene rings is 2. The molecule has 0 saturated heterocycles. The first kappa shape index (κ1) is 15.8. The van der Waals surface area contributed by atoms with Crippen LogP contribution in [0, 0.1) is 0 Å². The molecule has 134 valence electrons. The van der Waals surface area contributed by atoms with Gasteiger partial charge in [-0.25, -0.2) is 4.99 Å². The van der Waals surface area contributed by atoms with E-state index in [9.17, 15) is 9.90 Å². The number of carbonyl (C=O) groups is 1. The van der Waals surface area contributed by atoms with Crippen LogP contribution < -0.4 is 0 Å². The van der Waals surface area contributed by atoms with Crippen LogP contribution in [0.5, 0.6) is 5.88 Å². The van der Waals surface area contributed by atoms with E-state index in [1.54, 1.807) is 22.7 Å². The van der Waals surface area contributed by atoms with Crippen LogP contribution in [-0.2, 0) is 0 Å². The molecule has 0 saturated carbocycles. The number of nitrogens with one attached hydrogen (secondary N) is 1. The number of aromatic nitrogens is 1. The monoisotopic (exact) mass is 400 g/mol. The number of hydrogen-bond donors (Lipinski definition) is 2. The summed E-state index contributed by atoms with van der Waals surface area (Å²) in [4.78, 5) is 21.9. The van der Waals surface area contributed by atoms with Crippen molar-refractivity contribution in [3.63, 3.8) is 0 Å². The van der Waals surface area contributed by atoms with Gasteiger partial charge in [0, 0.05) is 9.40 Å². The zero-order valence-corrected chi connectivity index (χ0v) is 16.0. The van der Waals surface area contributed by atoms with E-state index in [-0.39, 0.29) is 11.8 Å². The smallest absolute Gasteiger partial charge is 0.280 e. The summed E-state index contributed by atoms with van der Waals surface area (Å²) in [5.41, 5.74) is 2.14. The molecule has 0 radical (unpaired) electrons. The summed E-state index contributed by atoms with van der Waals surface area (Å²) in [6.07, 6.45) is 0. The highest BCUT2D eigenvalue weighted by Gasteiger charge is 2.34. The lowest BCUT2D eigenvalue weighted by Crippen LogP contribution is -1.96. The van der Waals surface area contributed by atoms with Gasteiger partial charge in [-0.1, -0.05) is 36.4 Å². The van der Waals surface area contributed by atoms with Crippen LogP contribution in [0.3, 0.4) is 0 Å². The fraction of sp³-hybridized carbons (Fsp3) is 0. The first-order chi connectivity index (χ1) is 13.7. The fourth-order valence-corrected chi connectivity index (χ4v) is 5.84. The second kappa shape index (κ2) is 5.64. The van der Waals surface area contributed by atoms with Gasteiger partial charge in [-0.05, 0) is 35.0 Å². The van der Waals surface area contributed by atoms with Crippen molar-refractivity contribution in [3.8, 4) is 16.5 Å². The molecule has 1 aliphatic rings. The molecule has 6 rings (SSSR count). The Bertz CT molecular complexity index is 1390. The number of carbonyl (C=O) groups excluding carboxylic acids is 1. The molecular weight excluding hydrogens is 388 g/mol. The highest BCUT2D eigenvalue weighted by atomic mass is 32.1. The topological polar surface area (TPSA) is 65.4 Å². The number of aromatic hydroxyl groups is 1. The van der Waals surface area contributed by atoms with Crippen LogP contribution in [0.1, 0.15) is 20.8 Å². The third-order valence-electron chi connectivity index (χ3n) is 4.98. The van der Waals surface area contributed by atoms with Crippen LogP contribution in [0.25, 0.3) is 30.7 Å². The zero-order valence-electron chi connectivity index (χ0n) is 14.4. The lowest BCUT2D eigenvalue weighted by molar-refractivity contribution is 0.101. The predicted molar refractivity (Wildman–Crippen MR) is 115 cm³/mol. The second-order valence-electron chi connectivity index (χ2n) is 6.66. The predicted octanol–water partition coefficient (Wildman–Crippen LogP) is 5.81. The number of nitrogens with zero attached hydrogens (tertiary/aromatic N) is 1. The Morgan fingerprint density at radius 3 is 2.11 bits per heavy atom. The van der Waals surface area contributed by atoms with Crippen molar-refractivity contribution in [3.05, 3.63) is 76.7 Å². The average molecular weight is 400 g/mol. The Balaban J connectivity index is 1.54. The van der Waals surface area contributed by atoms with Crippen molar-refractivity contribution in [2.24, 2.45) is 4.99 Å². The molecule has 4 heterocycles. The highest BCUT2D eigenvalue weighted by molar-refractivity contribution is 7.22. The minimum Gasteiger partial charge on any atom is -0.494 e. The molecule has 6 heteroatoms. The first-order valence-electron chi connectivity index (χ1n) is 8.75. The van der Waals surface area contributed by atoms with Gasteiger partial charge in [-0.15, -0.1) is 22.7 Å². The molecule has 0 aliphatic carbocycles. The van der Waals surface area contributed by atoms with Gasteiger partial charge in [0.15, 0.2) is 5.88 Å². The van der Waals surface area contributed by atoms with Gasteiger partial charge in [0.25, 0.3) is 5.91 Å². The first-order valence-corrected chi connectivity index (χ1v) is 10.4. The molecule has 3 aromatic heterocycles. The highest BCUT2D eigenvalue weighted by Crippen LogP contribution is 2.42. The molecule has 5 aromatic rings. The molecule has 2 aromatic carbocycles. The van der Waals surface area contributed by atoms with E-state index in [1.807, 2.05) is 60.7 Å². The molecule has 0 atom stereocenters. The Morgan fingerprint density at radius 2 is 1.43 bits per heavy atom. The van der Waals surface area contributed by atoms with Crippen molar-refractivity contribution in [1.29, 1.82) is 0 Å². The second-order valence-corrected chi connectivity index (χ2v) is 8.83. The number of aliphatic imine (C=N–C) groups is 1. The fourth-order valence-electron chi connectivity index (χ4n) is 3.71. The number of amides is 1.